The van der Waals surface area contributed by atoms with Crippen LogP contribution in [0.15, 0.2) is 0 Å². The molecule has 0 aromatic heterocycles. The number of ether oxygens (including phenoxy) is 1. The van der Waals surface area contributed by atoms with Gasteiger partial charge >= 0.3 is 0 Å². The van der Waals surface area contributed by atoms with E-state index in [1.807, 2.05) is 9.80 Å². The summed E-state index contributed by atoms with van der Waals surface area (Å²) in [5.41, 5.74) is 0. The average molecular weight is 323 g/mol. The Hall–Kier alpha value is -1.14. The molecule has 6 heteroatoms. The van der Waals surface area contributed by atoms with Gasteiger partial charge in [-0.3, -0.25) is 9.59 Å². The van der Waals surface area contributed by atoms with Crippen LogP contribution in [-0.2, 0) is 14.3 Å². The summed E-state index contributed by atoms with van der Waals surface area (Å²) in [6.07, 6.45) is 3.60. The molecule has 130 valence electrons. The van der Waals surface area contributed by atoms with Crippen molar-refractivity contribution < 1.29 is 14.3 Å². The molecule has 3 atom stereocenters. The van der Waals surface area contributed by atoms with Gasteiger partial charge in [0.25, 0.3) is 0 Å². The van der Waals surface area contributed by atoms with Crippen molar-refractivity contribution in [2.24, 2.45) is 11.8 Å². The molecule has 23 heavy (non-hydrogen) atoms. The van der Waals surface area contributed by atoms with E-state index in [9.17, 15) is 9.59 Å². The zero-order valence-electron chi connectivity index (χ0n) is 14.1. The van der Waals surface area contributed by atoms with Gasteiger partial charge in [-0.1, -0.05) is 6.92 Å². The van der Waals surface area contributed by atoms with Crippen LogP contribution in [0.2, 0.25) is 0 Å². The van der Waals surface area contributed by atoms with E-state index >= 15 is 0 Å². The molecule has 0 aromatic rings. The standard InChI is InChI=1S/C17H29N3O3/c1-2-15-14(5-11-23-15)17(22)20-8-3-4-13(12-20)16(21)19-9-6-18-7-10-19/h13-15,18H,2-12H2,1H3/t13?,14-,15+/m1/s1. The van der Waals surface area contributed by atoms with E-state index in [0.29, 0.717) is 13.2 Å². The molecule has 3 heterocycles. The lowest BCUT2D eigenvalue weighted by Gasteiger charge is -2.37. The molecule has 3 rings (SSSR count). The second-order valence-corrected chi connectivity index (χ2v) is 6.91. The first kappa shape index (κ1) is 16.7. The fraction of sp³-hybridized carbons (Fsp3) is 0.882. The smallest absolute Gasteiger partial charge is 0.228 e. The van der Waals surface area contributed by atoms with E-state index in [1.165, 1.54) is 0 Å². The number of hydrogen-bond donors (Lipinski definition) is 1. The van der Waals surface area contributed by atoms with Gasteiger partial charge in [0.15, 0.2) is 0 Å². The number of rotatable bonds is 3. The van der Waals surface area contributed by atoms with Crippen LogP contribution in [0.3, 0.4) is 0 Å². The fourth-order valence-electron chi connectivity index (χ4n) is 4.09. The molecule has 3 fully saturated rings. The lowest BCUT2D eigenvalue weighted by molar-refractivity contribution is -0.144. The maximum Gasteiger partial charge on any atom is 0.228 e. The molecular weight excluding hydrogens is 294 g/mol. The SMILES string of the molecule is CC[C@@H]1OCC[C@H]1C(=O)N1CCCC(C(=O)N2CCNCC2)C1. The summed E-state index contributed by atoms with van der Waals surface area (Å²) < 4.78 is 5.67. The van der Waals surface area contributed by atoms with Crippen LogP contribution in [-0.4, -0.2) is 73.6 Å². The van der Waals surface area contributed by atoms with Gasteiger partial charge < -0.3 is 19.9 Å². The van der Waals surface area contributed by atoms with Crippen LogP contribution in [0.1, 0.15) is 32.6 Å². The minimum Gasteiger partial charge on any atom is -0.377 e. The Balaban J connectivity index is 1.59. The van der Waals surface area contributed by atoms with E-state index in [0.717, 1.165) is 58.4 Å². The maximum atomic E-state index is 12.8. The fourth-order valence-corrected chi connectivity index (χ4v) is 4.09. The average Bonchev–Trinajstić information content (AvgIpc) is 3.10. The number of carbonyl (C=O) groups is 2. The Kier molecular flexibility index (Phi) is 5.54. The minimum absolute atomic E-state index is 0.00645. The molecule has 0 radical (unpaired) electrons. The van der Waals surface area contributed by atoms with Crippen LogP contribution in [0, 0.1) is 11.8 Å². The highest BCUT2D eigenvalue weighted by Gasteiger charge is 2.38. The first-order valence-electron chi connectivity index (χ1n) is 9.10. The van der Waals surface area contributed by atoms with Gasteiger partial charge in [0.05, 0.1) is 17.9 Å². The first-order chi connectivity index (χ1) is 11.2. The summed E-state index contributed by atoms with van der Waals surface area (Å²) in [5.74, 6) is 0.409. The predicted octanol–water partition coefficient (Wildman–Crippen LogP) is 0.472. The number of carbonyl (C=O) groups excluding carboxylic acids is 2. The van der Waals surface area contributed by atoms with Crippen molar-refractivity contribution in [3.05, 3.63) is 0 Å². The van der Waals surface area contributed by atoms with Gasteiger partial charge in [-0.15, -0.1) is 0 Å². The van der Waals surface area contributed by atoms with Crippen LogP contribution in [0.4, 0.5) is 0 Å². The minimum atomic E-state index is -0.0202. The van der Waals surface area contributed by atoms with Gasteiger partial charge in [-0.25, -0.2) is 0 Å². The van der Waals surface area contributed by atoms with Crippen LogP contribution in [0.25, 0.3) is 0 Å². The summed E-state index contributed by atoms with van der Waals surface area (Å²) in [6.45, 7) is 7.47. The van der Waals surface area contributed by atoms with Crippen molar-refractivity contribution in [3.63, 3.8) is 0 Å². The molecule has 3 aliphatic rings. The molecule has 2 amide bonds. The Morgan fingerprint density at radius 1 is 1.09 bits per heavy atom. The molecule has 1 unspecified atom stereocenters. The van der Waals surface area contributed by atoms with Crippen molar-refractivity contribution in [2.75, 3.05) is 45.9 Å². The number of amides is 2. The highest BCUT2D eigenvalue weighted by atomic mass is 16.5. The molecule has 0 saturated carbocycles. The molecule has 3 aliphatic heterocycles. The quantitative estimate of drug-likeness (QED) is 0.820. The van der Waals surface area contributed by atoms with Gasteiger partial charge in [0.1, 0.15) is 0 Å². The number of piperazine rings is 1. The lowest BCUT2D eigenvalue weighted by Crippen LogP contribution is -2.52. The van der Waals surface area contributed by atoms with Crippen molar-refractivity contribution in [1.82, 2.24) is 15.1 Å². The van der Waals surface area contributed by atoms with Crippen LogP contribution in [0.5, 0.6) is 0 Å². The highest BCUT2D eigenvalue weighted by molar-refractivity contribution is 5.83. The number of nitrogens with zero attached hydrogens (tertiary/aromatic N) is 2. The maximum absolute atomic E-state index is 12.8. The zero-order chi connectivity index (χ0) is 16.2. The van der Waals surface area contributed by atoms with Crippen LogP contribution >= 0.6 is 0 Å². The largest absolute Gasteiger partial charge is 0.377 e. The van der Waals surface area contributed by atoms with Crippen molar-refractivity contribution in [2.45, 2.75) is 38.7 Å². The van der Waals surface area contributed by atoms with Crippen LogP contribution < -0.4 is 5.32 Å². The molecule has 3 saturated heterocycles. The topological polar surface area (TPSA) is 61.9 Å². The van der Waals surface area contributed by atoms with Crippen molar-refractivity contribution in [1.29, 1.82) is 0 Å². The number of hydrogen-bond acceptors (Lipinski definition) is 4. The third kappa shape index (κ3) is 3.69. The van der Waals surface area contributed by atoms with E-state index in [4.69, 9.17) is 4.74 Å². The Morgan fingerprint density at radius 3 is 2.61 bits per heavy atom. The van der Waals surface area contributed by atoms with E-state index in [2.05, 4.69) is 12.2 Å². The lowest BCUT2D eigenvalue weighted by atomic mass is 9.92. The third-order valence-corrected chi connectivity index (χ3v) is 5.44. The number of likely N-dealkylation sites (tertiary alicyclic amines) is 1. The molecule has 0 aliphatic carbocycles. The normalized spacial score (nSPS) is 32.1. The first-order valence-corrected chi connectivity index (χ1v) is 9.10. The van der Waals surface area contributed by atoms with Gasteiger partial charge in [-0.2, -0.15) is 0 Å². The summed E-state index contributed by atoms with van der Waals surface area (Å²) in [5, 5.41) is 3.28. The number of piperidine rings is 1. The Morgan fingerprint density at radius 2 is 1.87 bits per heavy atom. The Bertz CT molecular complexity index is 437. The second-order valence-electron chi connectivity index (χ2n) is 6.91. The van der Waals surface area contributed by atoms with Gasteiger partial charge in [0, 0.05) is 45.9 Å². The molecule has 0 bridgehead atoms. The Labute approximate surface area is 138 Å². The summed E-state index contributed by atoms with van der Waals surface area (Å²) in [4.78, 5) is 29.4. The second kappa shape index (κ2) is 7.62. The van der Waals surface area contributed by atoms with E-state index < -0.39 is 0 Å². The predicted molar refractivity (Wildman–Crippen MR) is 86.9 cm³/mol. The highest BCUT2D eigenvalue weighted by Crippen LogP contribution is 2.28. The molecular formula is C17H29N3O3. The monoisotopic (exact) mass is 323 g/mol. The summed E-state index contributed by atoms with van der Waals surface area (Å²) in [6, 6.07) is 0. The molecule has 0 aromatic carbocycles. The van der Waals surface area contributed by atoms with Gasteiger partial charge in [0.2, 0.25) is 11.8 Å². The van der Waals surface area contributed by atoms with Crippen molar-refractivity contribution in [3.8, 4) is 0 Å². The van der Waals surface area contributed by atoms with Crippen molar-refractivity contribution >= 4 is 11.8 Å². The summed E-state index contributed by atoms with van der Waals surface area (Å²) >= 11 is 0. The molecule has 0 spiro atoms. The molecule has 6 nitrogen and oxygen atoms in total. The number of nitrogens with one attached hydrogen (secondary N) is 1. The van der Waals surface area contributed by atoms with Gasteiger partial charge in [-0.05, 0) is 25.7 Å². The molecule has 1 N–H and O–H groups in total. The third-order valence-electron chi connectivity index (χ3n) is 5.44. The van der Waals surface area contributed by atoms with E-state index in [-0.39, 0.29) is 29.8 Å². The zero-order valence-corrected chi connectivity index (χ0v) is 14.1. The summed E-state index contributed by atoms with van der Waals surface area (Å²) in [7, 11) is 0. The van der Waals surface area contributed by atoms with E-state index in [1.54, 1.807) is 0 Å².